The van der Waals surface area contributed by atoms with Crippen molar-refractivity contribution < 1.29 is 8.42 Å². The van der Waals surface area contributed by atoms with Gasteiger partial charge in [0.1, 0.15) is 4.90 Å². The van der Waals surface area contributed by atoms with Crippen LogP contribution in [0.15, 0.2) is 15.8 Å². The lowest BCUT2D eigenvalue weighted by Gasteiger charge is -2.11. The van der Waals surface area contributed by atoms with Crippen LogP contribution >= 0.6 is 0 Å². The molecule has 1 aromatic heterocycles. The summed E-state index contributed by atoms with van der Waals surface area (Å²) in [5.74, 6) is 0. The highest BCUT2D eigenvalue weighted by molar-refractivity contribution is 7.92. The van der Waals surface area contributed by atoms with Crippen molar-refractivity contribution in [3.05, 3.63) is 27.7 Å². The third-order valence-corrected chi connectivity index (χ3v) is 5.64. The molecule has 100 valence electrons. The Bertz CT molecular complexity index is 599. The van der Waals surface area contributed by atoms with Gasteiger partial charge >= 0.3 is 0 Å². The van der Waals surface area contributed by atoms with Crippen molar-refractivity contribution in [2.45, 2.75) is 56.1 Å². The Balaban J connectivity index is 2.58. The molecule has 1 aromatic rings. The summed E-state index contributed by atoms with van der Waals surface area (Å²) in [6.07, 6.45) is 4.93. The molecule has 0 saturated heterocycles. The largest absolute Gasteiger partial charge is 0.325 e. The Kier molecular flexibility index (Phi) is 3.61. The van der Waals surface area contributed by atoms with Gasteiger partial charge in [0.2, 0.25) is 0 Å². The molecule has 0 unspecified atom stereocenters. The Morgan fingerprint density at radius 1 is 1.17 bits per heavy atom. The first-order chi connectivity index (χ1) is 8.43. The zero-order valence-corrected chi connectivity index (χ0v) is 11.6. The number of hydrogen-bond donors (Lipinski definition) is 1. The minimum absolute atomic E-state index is 0.0712. The third kappa shape index (κ3) is 2.36. The van der Waals surface area contributed by atoms with Gasteiger partial charge in [-0.2, -0.15) is 0 Å². The molecule has 1 aliphatic rings. The number of rotatable bonds is 2. The van der Waals surface area contributed by atoms with Crippen molar-refractivity contribution in [2.75, 3.05) is 0 Å². The predicted molar refractivity (Wildman–Crippen MR) is 70.6 cm³/mol. The molecule has 0 bridgehead atoms. The van der Waals surface area contributed by atoms with E-state index in [1.807, 2.05) is 0 Å². The van der Waals surface area contributed by atoms with Gasteiger partial charge in [0.25, 0.3) is 5.56 Å². The molecule has 1 aliphatic carbocycles. The van der Waals surface area contributed by atoms with Crippen LogP contribution < -0.4 is 5.56 Å². The molecule has 2 rings (SSSR count). The molecule has 0 atom stereocenters. The Morgan fingerprint density at radius 2 is 1.83 bits per heavy atom. The van der Waals surface area contributed by atoms with E-state index in [1.54, 1.807) is 19.9 Å². The van der Waals surface area contributed by atoms with Crippen molar-refractivity contribution >= 4 is 9.84 Å². The van der Waals surface area contributed by atoms with Gasteiger partial charge < -0.3 is 4.98 Å². The smallest absolute Gasteiger partial charge is 0.266 e. The van der Waals surface area contributed by atoms with Gasteiger partial charge in [0.05, 0.1) is 5.25 Å². The van der Waals surface area contributed by atoms with Crippen LogP contribution in [0, 0.1) is 0 Å². The summed E-state index contributed by atoms with van der Waals surface area (Å²) in [5, 5.41) is -0.567. The van der Waals surface area contributed by atoms with Crippen LogP contribution in [0.25, 0.3) is 0 Å². The number of fused-ring (bicyclic) bond motifs is 1. The first kappa shape index (κ1) is 13.3. The van der Waals surface area contributed by atoms with E-state index in [2.05, 4.69) is 4.98 Å². The number of sulfone groups is 1. The average molecular weight is 269 g/mol. The van der Waals surface area contributed by atoms with Gasteiger partial charge in [-0.25, -0.2) is 8.42 Å². The molecular formula is C13H19NO3S. The van der Waals surface area contributed by atoms with E-state index in [4.69, 9.17) is 0 Å². The van der Waals surface area contributed by atoms with Crippen molar-refractivity contribution in [3.8, 4) is 0 Å². The van der Waals surface area contributed by atoms with Gasteiger partial charge in [0, 0.05) is 5.69 Å². The number of hydrogen-bond acceptors (Lipinski definition) is 3. The molecule has 0 saturated carbocycles. The van der Waals surface area contributed by atoms with Gasteiger partial charge in [-0.3, -0.25) is 4.79 Å². The lowest BCUT2D eigenvalue weighted by atomic mass is 10.1. The minimum Gasteiger partial charge on any atom is -0.325 e. The highest BCUT2D eigenvalue weighted by atomic mass is 32.2. The van der Waals surface area contributed by atoms with Crippen molar-refractivity contribution in [1.82, 2.24) is 4.98 Å². The van der Waals surface area contributed by atoms with Crippen LogP contribution in [0.3, 0.4) is 0 Å². The van der Waals surface area contributed by atoms with Crippen molar-refractivity contribution in [2.24, 2.45) is 0 Å². The van der Waals surface area contributed by atoms with Gasteiger partial charge in [-0.15, -0.1) is 0 Å². The number of pyridine rings is 1. The minimum atomic E-state index is -3.50. The van der Waals surface area contributed by atoms with Gasteiger partial charge in [0.15, 0.2) is 9.84 Å². The average Bonchev–Trinajstić information content (AvgIpc) is 2.52. The van der Waals surface area contributed by atoms with E-state index in [1.165, 1.54) is 0 Å². The molecule has 0 fully saturated rings. The number of nitrogens with one attached hydrogen (secondary N) is 1. The maximum absolute atomic E-state index is 12.1. The molecule has 0 radical (unpaired) electrons. The molecule has 0 amide bonds. The number of aryl methyl sites for hydroxylation is 2. The molecule has 1 heterocycles. The van der Waals surface area contributed by atoms with E-state index in [9.17, 15) is 13.2 Å². The summed E-state index contributed by atoms with van der Waals surface area (Å²) in [7, 11) is -3.50. The third-order valence-electron chi connectivity index (χ3n) is 3.48. The van der Waals surface area contributed by atoms with Crippen LogP contribution in [0.2, 0.25) is 0 Å². The Hall–Kier alpha value is -1.10. The topological polar surface area (TPSA) is 67.0 Å². The Morgan fingerprint density at radius 3 is 2.50 bits per heavy atom. The van der Waals surface area contributed by atoms with Crippen LogP contribution in [-0.2, 0) is 22.7 Å². The number of aromatic amines is 1. The highest BCUT2D eigenvalue weighted by Gasteiger charge is 2.24. The van der Waals surface area contributed by atoms with Crippen LogP contribution in [-0.4, -0.2) is 18.7 Å². The fraction of sp³-hybridized carbons (Fsp3) is 0.615. The van der Waals surface area contributed by atoms with E-state index in [0.717, 1.165) is 43.4 Å². The second kappa shape index (κ2) is 4.88. The first-order valence-corrected chi connectivity index (χ1v) is 7.96. The van der Waals surface area contributed by atoms with Crippen LogP contribution in [0.5, 0.6) is 0 Å². The quantitative estimate of drug-likeness (QED) is 0.833. The molecule has 1 N–H and O–H groups in total. The standard InChI is InChI=1S/C13H19NO3S/c1-9(2)18(16,17)12-8-10-6-4-3-5-7-11(10)14-13(12)15/h8-9H,3-7H2,1-2H3,(H,14,15). The normalized spacial score (nSPS) is 16.4. The zero-order valence-electron chi connectivity index (χ0n) is 10.8. The maximum atomic E-state index is 12.1. The van der Waals surface area contributed by atoms with Gasteiger partial charge in [-0.1, -0.05) is 6.42 Å². The van der Waals surface area contributed by atoms with Crippen molar-refractivity contribution in [1.29, 1.82) is 0 Å². The summed E-state index contributed by atoms with van der Waals surface area (Å²) in [6, 6.07) is 1.59. The molecule has 4 nitrogen and oxygen atoms in total. The Labute approximate surface area is 107 Å². The number of aromatic nitrogens is 1. The predicted octanol–water partition coefficient (Wildman–Crippen LogP) is 1.83. The summed E-state index contributed by atoms with van der Waals surface area (Å²) in [5.41, 5.74) is 1.44. The van der Waals surface area contributed by atoms with Crippen molar-refractivity contribution in [3.63, 3.8) is 0 Å². The van der Waals surface area contributed by atoms with E-state index >= 15 is 0 Å². The summed E-state index contributed by atoms with van der Waals surface area (Å²) in [6.45, 7) is 3.20. The van der Waals surface area contributed by atoms with Crippen LogP contribution in [0.4, 0.5) is 0 Å². The van der Waals surface area contributed by atoms with Crippen LogP contribution in [0.1, 0.15) is 44.4 Å². The summed E-state index contributed by atoms with van der Waals surface area (Å²) in [4.78, 5) is 14.6. The lowest BCUT2D eigenvalue weighted by Crippen LogP contribution is -2.25. The highest BCUT2D eigenvalue weighted by Crippen LogP contribution is 2.21. The molecule has 0 spiro atoms. The fourth-order valence-corrected chi connectivity index (χ4v) is 3.42. The first-order valence-electron chi connectivity index (χ1n) is 6.42. The fourth-order valence-electron chi connectivity index (χ4n) is 2.30. The van der Waals surface area contributed by atoms with E-state index < -0.39 is 20.6 Å². The monoisotopic (exact) mass is 269 g/mol. The molecule has 0 aliphatic heterocycles. The molecule has 18 heavy (non-hydrogen) atoms. The van der Waals surface area contributed by atoms with E-state index in [-0.39, 0.29) is 4.90 Å². The lowest BCUT2D eigenvalue weighted by molar-refractivity contribution is 0.585. The number of H-pyrrole nitrogens is 1. The molecule has 0 aromatic carbocycles. The zero-order chi connectivity index (χ0) is 13.3. The summed E-state index contributed by atoms with van der Waals surface area (Å²) < 4.78 is 24.2. The SMILES string of the molecule is CC(C)S(=O)(=O)c1cc2c([nH]c1=O)CCCCC2. The second-order valence-corrected chi connectivity index (χ2v) is 7.59. The second-order valence-electron chi connectivity index (χ2n) is 5.12. The van der Waals surface area contributed by atoms with E-state index in [0.29, 0.717) is 0 Å². The van der Waals surface area contributed by atoms with Gasteiger partial charge in [-0.05, 0) is 51.2 Å². The molecule has 5 heteroatoms. The maximum Gasteiger partial charge on any atom is 0.266 e. The molecular weight excluding hydrogens is 250 g/mol. The summed E-state index contributed by atoms with van der Waals surface area (Å²) >= 11 is 0.